The Morgan fingerprint density at radius 3 is 2.52 bits per heavy atom. The van der Waals surface area contributed by atoms with Gasteiger partial charge in [-0.15, -0.1) is 0 Å². The van der Waals surface area contributed by atoms with Crippen molar-refractivity contribution >= 4 is 12.1 Å². The SMILES string of the molecule is Cc1ccc(-c2[nH]ncc2/C=N\NC(=O)c2cc(O)cc(O)c2)cc1. The number of benzene rings is 2. The lowest BCUT2D eigenvalue weighted by Gasteiger charge is -2.02. The van der Waals surface area contributed by atoms with Gasteiger partial charge in [-0.05, 0) is 19.1 Å². The standard InChI is InChI=1S/C18H16N4O3/c1-11-2-4-12(5-3-11)17-14(9-19-21-17)10-20-22-18(25)13-6-15(23)8-16(24)7-13/h2-10,23-24H,1H3,(H,19,21)(H,22,25)/b20-10-. The molecule has 2 aromatic carbocycles. The van der Waals surface area contributed by atoms with E-state index in [-0.39, 0.29) is 17.1 Å². The van der Waals surface area contributed by atoms with E-state index < -0.39 is 5.91 Å². The molecule has 0 bridgehead atoms. The second-order valence-corrected chi connectivity index (χ2v) is 5.50. The first-order valence-electron chi connectivity index (χ1n) is 7.50. The molecule has 0 aliphatic carbocycles. The molecular weight excluding hydrogens is 320 g/mol. The number of phenolic OH excluding ortho intramolecular Hbond substituents is 2. The van der Waals surface area contributed by atoms with Crippen molar-refractivity contribution in [3.05, 3.63) is 65.4 Å². The summed E-state index contributed by atoms with van der Waals surface area (Å²) in [6.45, 7) is 2.01. The summed E-state index contributed by atoms with van der Waals surface area (Å²) in [5, 5.41) is 29.6. The molecule has 0 aliphatic rings. The second kappa shape index (κ2) is 6.88. The fourth-order valence-corrected chi connectivity index (χ4v) is 2.30. The van der Waals surface area contributed by atoms with Gasteiger partial charge in [-0.3, -0.25) is 9.89 Å². The zero-order valence-electron chi connectivity index (χ0n) is 13.4. The van der Waals surface area contributed by atoms with Crippen LogP contribution in [-0.2, 0) is 0 Å². The molecule has 126 valence electrons. The summed E-state index contributed by atoms with van der Waals surface area (Å²) in [4.78, 5) is 12.0. The quantitative estimate of drug-likeness (QED) is 0.433. The van der Waals surface area contributed by atoms with Crippen LogP contribution in [0.4, 0.5) is 0 Å². The predicted octanol–water partition coefficient (Wildman–Crippen LogP) is 2.56. The lowest BCUT2D eigenvalue weighted by Crippen LogP contribution is -2.17. The summed E-state index contributed by atoms with van der Waals surface area (Å²) in [5.74, 6) is -0.959. The average Bonchev–Trinajstić information content (AvgIpc) is 3.03. The number of hydrogen-bond acceptors (Lipinski definition) is 5. The molecule has 1 heterocycles. The molecule has 0 aliphatic heterocycles. The van der Waals surface area contributed by atoms with Crippen LogP contribution in [0.25, 0.3) is 11.3 Å². The van der Waals surface area contributed by atoms with Gasteiger partial charge >= 0.3 is 0 Å². The maximum absolute atomic E-state index is 12.0. The lowest BCUT2D eigenvalue weighted by atomic mass is 10.1. The first-order valence-corrected chi connectivity index (χ1v) is 7.50. The normalized spacial score (nSPS) is 10.9. The fraction of sp³-hybridized carbons (Fsp3) is 0.0556. The number of phenols is 2. The van der Waals surface area contributed by atoms with Crippen molar-refractivity contribution < 1.29 is 15.0 Å². The summed E-state index contributed by atoms with van der Waals surface area (Å²) in [7, 11) is 0. The highest BCUT2D eigenvalue weighted by molar-refractivity contribution is 5.96. The lowest BCUT2D eigenvalue weighted by molar-refractivity contribution is 0.0954. The van der Waals surface area contributed by atoms with Gasteiger partial charge < -0.3 is 10.2 Å². The monoisotopic (exact) mass is 336 g/mol. The van der Waals surface area contributed by atoms with Crippen molar-refractivity contribution in [2.24, 2.45) is 5.10 Å². The molecule has 0 fully saturated rings. The maximum Gasteiger partial charge on any atom is 0.271 e. The molecule has 7 heteroatoms. The minimum Gasteiger partial charge on any atom is -0.508 e. The van der Waals surface area contributed by atoms with Gasteiger partial charge in [0.15, 0.2) is 0 Å². The van der Waals surface area contributed by atoms with E-state index in [2.05, 4.69) is 20.7 Å². The Bertz CT molecular complexity index is 909. The number of H-pyrrole nitrogens is 1. The van der Waals surface area contributed by atoms with Crippen molar-refractivity contribution in [3.63, 3.8) is 0 Å². The minimum absolute atomic E-state index is 0.0978. The van der Waals surface area contributed by atoms with Crippen molar-refractivity contribution in [1.29, 1.82) is 0 Å². The number of amides is 1. The Hall–Kier alpha value is -3.61. The summed E-state index contributed by atoms with van der Waals surface area (Å²) < 4.78 is 0. The molecule has 0 atom stereocenters. The molecular formula is C18H16N4O3. The van der Waals surface area contributed by atoms with Crippen molar-refractivity contribution in [1.82, 2.24) is 15.6 Å². The number of aromatic amines is 1. The van der Waals surface area contributed by atoms with Crippen LogP contribution in [0, 0.1) is 6.92 Å². The molecule has 0 spiro atoms. The number of nitrogens with one attached hydrogen (secondary N) is 2. The Labute approximate surface area is 143 Å². The van der Waals surface area contributed by atoms with Gasteiger partial charge in [0, 0.05) is 22.8 Å². The topological polar surface area (TPSA) is 111 Å². The van der Waals surface area contributed by atoms with Crippen LogP contribution in [0.15, 0.2) is 53.8 Å². The van der Waals surface area contributed by atoms with E-state index >= 15 is 0 Å². The number of carbonyl (C=O) groups is 1. The van der Waals surface area contributed by atoms with Gasteiger partial charge in [-0.2, -0.15) is 10.2 Å². The van der Waals surface area contributed by atoms with Gasteiger partial charge in [-0.1, -0.05) is 29.8 Å². The molecule has 0 radical (unpaired) electrons. The first kappa shape index (κ1) is 16.3. The summed E-state index contributed by atoms with van der Waals surface area (Å²) in [6, 6.07) is 11.5. The van der Waals surface area contributed by atoms with Gasteiger partial charge in [0.05, 0.1) is 18.1 Å². The zero-order chi connectivity index (χ0) is 17.8. The smallest absolute Gasteiger partial charge is 0.271 e. The molecule has 3 aromatic rings. The summed E-state index contributed by atoms with van der Waals surface area (Å²) >= 11 is 0. The zero-order valence-corrected chi connectivity index (χ0v) is 13.4. The third-order valence-electron chi connectivity index (χ3n) is 3.54. The largest absolute Gasteiger partial charge is 0.508 e. The number of aryl methyl sites for hydroxylation is 1. The third kappa shape index (κ3) is 3.84. The van der Waals surface area contributed by atoms with E-state index in [0.29, 0.717) is 5.56 Å². The molecule has 25 heavy (non-hydrogen) atoms. The molecule has 0 saturated heterocycles. The van der Waals surface area contributed by atoms with Crippen LogP contribution < -0.4 is 5.43 Å². The van der Waals surface area contributed by atoms with Crippen LogP contribution in [0.3, 0.4) is 0 Å². The average molecular weight is 336 g/mol. The Balaban J connectivity index is 1.74. The third-order valence-corrected chi connectivity index (χ3v) is 3.54. The fourth-order valence-electron chi connectivity index (χ4n) is 2.30. The molecule has 0 saturated carbocycles. The maximum atomic E-state index is 12.0. The number of nitrogens with zero attached hydrogens (tertiary/aromatic N) is 2. The molecule has 7 nitrogen and oxygen atoms in total. The molecule has 1 amide bonds. The molecule has 1 aromatic heterocycles. The number of hydrazone groups is 1. The number of aromatic nitrogens is 2. The van der Waals surface area contributed by atoms with Gasteiger partial charge in [0.2, 0.25) is 0 Å². The van der Waals surface area contributed by atoms with Crippen molar-refractivity contribution in [2.75, 3.05) is 0 Å². The van der Waals surface area contributed by atoms with Gasteiger partial charge in [-0.25, -0.2) is 5.43 Å². The summed E-state index contributed by atoms with van der Waals surface area (Å²) in [5.41, 5.74) is 6.05. The minimum atomic E-state index is -0.553. The van der Waals surface area contributed by atoms with E-state index in [1.807, 2.05) is 31.2 Å². The van der Waals surface area contributed by atoms with E-state index in [4.69, 9.17) is 0 Å². The Kier molecular flexibility index (Phi) is 4.47. The van der Waals surface area contributed by atoms with E-state index in [9.17, 15) is 15.0 Å². The van der Waals surface area contributed by atoms with Gasteiger partial charge in [0.25, 0.3) is 5.91 Å². The second-order valence-electron chi connectivity index (χ2n) is 5.50. The van der Waals surface area contributed by atoms with E-state index in [0.717, 1.165) is 22.9 Å². The van der Waals surface area contributed by atoms with Crippen LogP contribution in [-0.4, -0.2) is 32.5 Å². The number of hydrogen-bond donors (Lipinski definition) is 4. The van der Waals surface area contributed by atoms with Crippen LogP contribution in [0.1, 0.15) is 21.5 Å². The molecule has 3 rings (SSSR count). The highest BCUT2D eigenvalue weighted by atomic mass is 16.3. The van der Waals surface area contributed by atoms with Crippen molar-refractivity contribution in [2.45, 2.75) is 6.92 Å². The predicted molar refractivity (Wildman–Crippen MR) is 93.6 cm³/mol. The Morgan fingerprint density at radius 2 is 1.84 bits per heavy atom. The number of rotatable bonds is 4. The molecule has 4 N–H and O–H groups in total. The van der Waals surface area contributed by atoms with Crippen LogP contribution in [0.2, 0.25) is 0 Å². The van der Waals surface area contributed by atoms with Crippen LogP contribution >= 0.6 is 0 Å². The van der Waals surface area contributed by atoms with Crippen molar-refractivity contribution in [3.8, 4) is 22.8 Å². The van der Waals surface area contributed by atoms with E-state index in [1.165, 1.54) is 18.3 Å². The molecule has 0 unspecified atom stereocenters. The number of carbonyl (C=O) groups excluding carboxylic acids is 1. The highest BCUT2D eigenvalue weighted by Crippen LogP contribution is 2.21. The summed E-state index contributed by atoms with van der Waals surface area (Å²) in [6.07, 6.45) is 3.07. The Morgan fingerprint density at radius 1 is 1.16 bits per heavy atom. The first-order chi connectivity index (χ1) is 12.0. The highest BCUT2D eigenvalue weighted by Gasteiger charge is 2.08. The number of aromatic hydroxyl groups is 2. The van der Waals surface area contributed by atoms with Crippen LogP contribution in [0.5, 0.6) is 11.5 Å². The van der Waals surface area contributed by atoms with Gasteiger partial charge in [0.1, 0.15) is 11.5 Å². The van der Waals surface area contributed by atoms with E-state index in [1.54, 1.807) is 6.20 Å².